The van der Waals surface area contributed by atoms with Crippen LogP contribution in [0.2, 0.25) is 0 Å². The molecule has 2 atom stereocenters. The maximum absolute atomic E-state index is 13.3. The molecule has 0 spiro atoms. The molecule has 6 heteroatoms. The van der Waals surface area contributed by atoms with Crippen molar-refractivity contribution in [3.8, 4) is 0 Å². The summed E-state index contributed by atoms with van der Waals surface area (Å²) in [7, 11) is 0. The van der Waals surface area contributed by atoms with Crippen molar-refractivity contribution < 1.29 is 23.9 Å². The highest BCUT2D eigenvalue weighted by Crippen LogP contribution is 2.34. The van der Waals surface area contributed by atoms with Crippen LogP contribution in [-0.4, -0.2) is 48.5 Å². The molecule has 0 heterocycles. The lowest BCUT2D eigenvalue weighted by Crippen LogP contribution is -2.43. The van der Waals surface area contributed by atoms with Crippen molar-refractivity contribution in [2.24, 2.45) is 5.92 Å². The van der Waals surface area contributed by atoms with Crippen LogP contribution in [0.1, 0.15) is 69.2 Å². The lowest BCUT2D eigenvalue weighted by Gasteiger charge is -2.33. The minimum Gasteiger partial charge on any atom is -0.466 e. The molecule has 0 aromatic heterocycles. The number of carbonyl (C=O) groups excluding carboxylic acids is 3. The summed E-state index contributed by atoms with van der Waals surface area (Å²) in [5, 5.41) is 0. The van der Waals surface area contributed by atoms with Gasteiger partial charge in [0.15, 0.2) is 0 Å². The number of allylic oxidation sites excluding steroid dienone is 1. The Bertz CT molecular complexity index is 731. The Hall–Kier alpha value is -2.63. The van der Waals surface area contributed by atoms with Gasteiger partial charge in [0, 0.05) is 24.2 Å². The highest BCUT2D eigenvalue weighted by atomic mass is 16.5. The number of esters is 2. The van der Waals surface area contributed by atoms with E-state index in [1.165, 1.54) is 6.08 Å². The van der Waals surface area contributed by atoms with E-state index in [-0.39, 0.29) is 29.8 Å². The number of unbranched alkanes of at least 4 members (excludes halogenated alkanes) is 2. The molecule has 0 saturated heterocycles. The fourth-order valence-corrected chi connectivity index (χ4v) is 4.18. The molecule has 0 unspecified atom stereocenters. The van der Waals surface area contributed by atoms with Gasteiger partial charge in [-0.15, -0.1) is 0 Å². The van der Waals surface area contributed by atoms with Gasteiger partial charge in [0.25, 0.3) is 5.91 Å². The fourth-order valence-electron chi connectivity index (χ4n) is 4.18. The van der Waals surface area contributed by atoms with E-state index in [9.17, 15) is 14.4 Å². The summed E-state index contributed by atoms with van der Waals surface area (Å²) in [6.07, 6.45) is 8.94. The largest absolute Gasteiger partial charge is 0.466 e. The maximum atomic E-state index is 13.3. The number of hydrogen-bond acceptors (Lipinski definition) is 5. The second-order valence-electron chi connectivity index (χ2n) is 7.78. The third kappa shape index (κ3) is 8.19. The van der Waals surface area contributed by atoms with E-state index in [2.05, 4.69) is 0 Å². The lowest BCUT2D eigenvalue weighted by atomic mass is 9.97. The van der Waals surface area contributed by atoms with Crippen LogP contribution in [0.3, 0.4) is 0 Å². The summed E-state index contributed by atoms with van der Waals surface area (Å²) in [6, 6.07) is 9.37. The number of rotatable bonds is 12. The third-order valence-electron chi connectivity index (χ3n) is 5.60. The SMILES string of the molecule is CCOC(=O)/C=C/CCCCN(C(=O)c1ccccc1)[C@@H]1CCC[C@@H]1CC(=O)OCC. The van der Waals surface area contributed by atoms with Crippen molar-refractivity contribution in [2.45, 2.75) is 64.8 Å². The molecule has 1 aromatic carbocycles. The van der Waals surface area contributed by atoms with Gasteiger partial charge in [-0.1, -0.05) is 30.7 Å². The molecular formula is C25H35NO5. The Morgan fingerprint density at radius 1 is 1.03 bits per heavy atom. The standard InChI is InChI=1S/C25H35NO5/c1-3-30-23(27)17-10-5-6-11-18-26(25(29)20-13-8-7-9-14-20)22-16-12-15-21(22)19-24(28)31-4-2/h7-10,13-14,17,21-22H,3-6,11-12,15-16,18-19H2,1-2H3/b17-10+/t21-,22-/m1/s1. The minimum absolute atomic E-state index is 0.0171. The molecule has 1 aliphatic carbocycles. The first-order chi connectivity index (χ1) is 15.1. The molecule has 1 amide bonds. The van der Waals surface area contributed by atoms with Gasteiger partial charge in [-0.2, -0.15) is 0 Å². The number of carbonyl (C=O) groups is 3. The number of ether oxygens (including phenoxy) is 2. The van der Waals surface area contributed by atoms with Crippen molar-refractivity contribution in [3.63, 3.8) is 0 Å². The normalized spacial score (nSPS) is 18.1. The topological polar surface area (TPSA) is 72.9 Å². The summed E-state index contributed by atoms with van der Waals surface area (Å²) in [5.74, 6) is -0.356. The maximum Gasteiger partial charge on any atom is 0.330 e. The zero-order valence-corrected chi connectivity index (χ0v) is 18.8. The van der Waals surface area contributed by atoms with E-state index >= 15 is 0 Å². The van der Waals surface area contributed by atoms with Crippen LogP contribution >= 0.6 is 0 Å². The molecule has 0 radical (unpaired) electrons. The second-order valence-corrected chi connectivity index (χ2v) is 7.78. The number of nitrogens with zero attached hydrogens (tertiary/aromatic N) is 1. The summed E-state index contributed by atoms with van der Waals surface area (Å²) in [6.45, 7) is 4.97. The Balaban J connectivity index is 2.00. The van der Waals surface area contributed by atoms with Gasteiger partial charge < -0.3 is 14.4 Å². The molecular weight excluding hydrogens is 394 g/mol. The van der Waals surface area contributed by atoms with Gasteiger partial charge in [-0.05, 0) is 64.0 Å². The van der Waals surface area contributed by atoms with Gasteiger partial charge in [0.1, 0.15) is 0 Å². The van der Waals surface area contributed by atoms with Gasteiger partial charge in [0.05, 0.1) is 19.6 Å². The van der Waals surface area contributed by atoms with Gasteiger partial charge in [-0.3, -0.25) is 9.59 Å². The number of benzene rings is 1. The van der Waals surface area contributed by atoms with E-state index in [0.29, 0.717) is 31.7 Å². The van der Waals surface area contributed by atoms with Gasteiger partial charge in [0.2, 0.25) is 0 Å². The van der Waals surface area contributed by atoms with E-state index < -0.39 is 0 Å². The van der Waals surface area contributed by atoms with Crippen LogP contribution in [0.25, 0.3) is 0 Å². The van der Waals surface area contributed by atoms with Crippen LogP contribution in [-0.2, 0) is 19.1 Å². The van der Waals surface area contributed by atoms with Gasteiger partial charge in [-0.25, -0.2) is 4.79 Å². The van der Waals surface area contributed by atoms with Crippen LogP contribution in [0.5, 0.6) is 0 Å². The van der Waals surface area contributed by atoms with Crippen molar-refractivity contribution in [3.05, 3.63) is 48.0 Å². The Kier molecular flexibility index (Phi) is 10.8. The van der Waals surface area contributed by atoms with E-state index in [1.54, 1.807) is 6.92 Å². The third-order valence-corrected chi connectivity index (χ3v) is 5.60. The average Bonchev–Trinajstić information content (AvgIpc) is 3.21. The molecule has 0 N–H and O–H groups in total. The predicted molar refractivity (Wildman–Crippen MR) is 119 cm³/mol. The smallest absolute Gasteiger partial charge is 0.330 e. The fraction of sp³-hybridized carbons (Fsp3) is 0.560. The highest BCUT2D eigenvalue weighted by molar-refractivity contribution is 5.94. The molecule has 1 fully saturated rings. The summed E-state index contributed by atoms with van der Waals surface area (Å²) < 4.78 is 10.0. The molecule has 1 aromatic rings. The van der Waals surface area contributed by atoms with Crippen LogP contribution in [0, 0.1) is 5.92 Å². The molecule has 31 heavy (non-hydrogen) atoms. The van der Waals surface area contributed by atoms with E-state index in [4.69, 9.17) is 9.47 Å². The Morgan fingerprint density at radius 2 is 1.77 bits per heavy atom. The van der Waals surface area contributed by atoms with Crippen molar-refractivity contribution in [1.82, 2.24) is 4.90 Å². The van der Waals surface area contributed by atoms with Crippen molar-refractivity contribution >= 4 is 17.8 Å². The average molecular weight is 430 g/mol. The number of hydrogen-bond donors (Lipinski definition) is 0. The van der Waals surface area contributed by atoms with E-state index in [0.717, 1.165) is 38.5 Å². The molecule has 6 nitrogen and oxygen atoms in total. The monoisotopic (exact) mass is 429 g/mol. The second kappa shape index (κ2) is 13.6. The summed E-state index contributed by atoms with van der Waals surface area (Å²) in [5.41, 5.74) is 0.673. The van der Waals surface area contributed by atoms with Crippen LogP contribution in [0.15, 0.2) is 42.5 Å². The zero-order valence-electron chi connectivity index (χ0n) is 18.8. The molecule has 1 saturated carbocycles. The van der Waals surface area contributed by atoms with Crippen LogP contribution in [0.4, 0.5) is 0 Å². The van der Waals surface area contributed by atoms with E-state index in [1.807, 2.05) is 48.2 Å². The number of amides is 1. The predicted octanol–water partition coefficient (Wildman–Crippen LogP) is 4.54. The first-order valence-electron chi connectivity index (χ1n) is 11.4. The highest BCUT2D eigenvalue weighted by Gasteiger charge is 2.36. The Morgan fingerprint density at radius 3 is 2.48 bits per heavy atom. The first-order valence-corrected chi connectivity index (χ1v) is 11.4. The van der Waals surface area contributed by atoms with Crippen molar-refractivity contribution in [2.75, 3.05) is 19.8 Å². The molecule has 1 aliphatic rings. The zero-order chi connectivity index (χ0) is 22.5. The minimum atomic E-state index is -0.323. The van der Waals surface area contributed by atoms with Crippen LogP contribution < -0.4 is 0 Å². The summed E-state index contributed by atoms with van der Waals surface area (Å²) >= 11 is 0. The molecule has 170 valence electrons. The quantitative estimate of drug-likeness (QED) is 0.277. The van der Waals surface area contributed by atoms with Crippen molar-refractivity contribution in [1.29, 1.82) is 0 Å². The lowest BCUT2D eigenvalue weighted by molar-refractivity contribution is -0.144. The summed E-state index contributed by atoms with van der Waals surface area (Å²) in [4.78, 5) is 38.7. The molecule has 0 bridgehead atoms. The first kappa shape index (κ1) is 24.6. The molecule has 0 aliphatic heterocycles. The Labute approximate surface area is 185 Å². The molecule has 2 rings (SSSR count). The van der Waals surface area contributed by atoms with Gasteiger partial charge >= 0.3 is 11.9 Å².